The number of carbonyl (C=O) groups is 3. The summed E-state index contributed by atoms with van der Waals surface area (Å²) in [6, 6.07) is -0.473. The molecule has 0 aromatic heterocycles. The van der Waals surface area contributed by atoms with E-state index in [-0.39, 0.29) is 37.2 Å². The first kappa shape index (κ1) is 17.4. The van der Waals surface area contributed by atoms with Gasteiger partial charge in [-0.3, -0.25) is 14.4 Å². The van der Waals surface area contributed by atoms with E-state index in [1.807, 2.05) is 20.8 Å². The van der Waals surface area contributed by atoms with Crippen molar-refractivity contribution in [3.63, 3.8) is 0 Å². The van der Waals surface area contributed by atoms with Gasteiger partial charge in [0.05, 0.1) is 19.4 Å². The van der Waals surface area contributed by atoms with Crippen LogP contribution in [-0.4, -0.2) is 35.6 Å². The average molecular weight is 273 g/mol. The maximum atomic E-state index is 11.7. The lowest BCUT2D eigenvalue weighted by Crippen LogP contribution is -2.45. The van der Waals surface area contributed by atoms with E-state index < -0.39 is 18.0 Å². The number of amides is 1. The zero-order valence-corrected chi connectivity index (χ0v) is 12.0. The second-order valence-corrected chi connectivity index (χ2v) is 5.39. The van der Waals surface area contributed by atoms with Crippen LogP contribution >= 0.6 is 0 Å². The number of carbonyl (C=O) groups excluding carboxylic acids is 2. The molecular formula is C13H23NO5. The van der Waals surface area contributed by atoms with E-state index in [1.165, 1.54) is 0 Å². The van der Waals surface area contributed by atoms with Crippen molar-refractivity contribution in [1.82, 2.24) is 5.32 Å². The average Bonchev–Trinajstić information content (AvgIpc) is 2.24. The Morgan fingerprint density at radius 1 is 1.21 bits per heavy atom. The van der Waals surface area contributed by atoms with Crippen LogP contribution in [0.1, 0.15) is 47.0 Å². The van der Waals surface area contributed by atoms with Crippen LogP contribution in [0.3, 0.4) is 0 Å². The van der Waals surface area contributed by atoms with Crippen molar-refractivity contribution < 1.29 is 24.2 Å². The van der Waals surface area contributed by atoms with E-state index >= 15 is 0 Å². The van der Waals surface area contributed by atoms with Crippen LogP contribution in [0.25, 0.3) is 0 Å². The number of hydrogen-bond acceptors (Lipinski definition) is 4. The number of esters is 1. The smallest absolute Gasteiger partial charge is 0.306 e. The summed E-state index contributed by atoms with van der Waals surface area (Å²) in [5, 5.41) is 11.5. The molecule has 0 spiro atoms. The molecule has 0 aliphatic heterocycles. The van der Waals surface area contributed by atoms with E-state index in [9.17, 15) is 14.4 Å². The molecule has 0 saturated heterocycles. The summed E-state index contributed by atoms with van der Waals surface area (Å²) in [4.78, 5) is 33.6. The van der Waals surface area contributed by atoms with Crippen LogP contribution in [0, 0.1) is 5.41 Å². The largest absolute Gasteiger partial charge is 0.481 e. The number of nitrogens with one attached hydrogen (secondary N) is 1. The van der Waals surface area contributed by atoms with Crippen molar-refractivity contribution in [2.75, 3.05) is 6.61 Å². The van der Waals surface area contributed by atoms with Crippen LogP contribution in [0.4, 0.5) is 0 Å². The van der Waals surface area contributed by atoms with Crippen molar-refractivity contribution in [3.8, 4) is 0 Å². The van der Waals surface area contributed by atoms with E-state index in [2.05, 4.69) is 5.32 Å². The maximum absolute atomic E-state index is 11.7. The van der Waals surface area contributed by atoms with Crippen molar-refractivity contribution in [3.05, 3.63) is 0 Å². The summed E-state index contributed by atoms with van der Waals surface area (Å²) < 4.78 is 4.72. The monoisotopic (exact) mass is 273 g/mol. The fourth-order valence-electron chi connectivity index (χ4n) is 1.46. The van der Waals surface area contributed by atoms with E-state index in [1.54, 1.807) is 6.92 Å². The van der Waals surface area contributed by atoms with Gasteiger partial charge in [0, 0.05) is 12.5 Å². The third kappa shape index (κ3) is 8.18. The van der Waals surface area contributed by atoms with Crippen molar-refractivity contribution in [2.24, 2.45) is 5.41 Å². The highest BCUT2D eigenvalue weighted by molar-refractivity contribution is 5.82. The third-order valence-corrected chi connectivity index (χ3v) is 2.62. The van der Waals surface area contributed by atoms with Gasteiger partial charge in [-0.25, -0.2) is 0 Å². The van der Waals surface area contributed by atoms with Gasteiger partial charge in [0.15, 0.2) is 0 Å². The Morgan fingerprint density at radius 3 is 2.21 bits per heavy atom. The summed E-state index contributed by atoms with van der Waals surface area (Å²) in [5.41, 5.74) is -0.363. The molecule has 110 valence electrons. The summed E-state index contributed by atoms with van der Waals surface area (Å²) in [6.07, 6.45) is -0.136. The lowest BCUT2D eigenvalue weighted by molar-refractivity contribution is -0.145. The lowest BCUT2D eigenvalue weighted by Gasteiger charge is -2.30. The van der Waals surface area contributed by atoms with Crippen LogP contribution < -0.4 is 5.32 Å². The Morgan fingerprint density at radius 2 is 1.79 bits per heavy atom. The number of ether oxygens (including phenoxy) is 1. The minimum absolute atomic E-state index is 0.00358. The highest BCUT2D eigenvalue weighted by Gasteiger charge is 2.28. The van der Waals surface area contributed by atoms with Gasteiger partial charge < -0.3 is 15.2 Å². The minimum Gasteiger partial charge on any atom is -0.481 e. The molecule has 1 unspecified atom stereocenters. The quantitative estimate of drug-likeness (QED) is 0.683. The molecule has 6 nitrogen and oxygen atoms in total. The van der Waals surface area contributed by atoms with Crippen LogP contribution in [0.15, 0.2) is 0 Å². The second-order valence-electron chi connectivity index (χ2n) is 5.39. The first-order valence-electron chi connectivity index (χ1n) is 6.33. The van der Waals surface area contributed by atoms with E-state index in [0.717, 1.165) is 0 Å². The summed E-state index contributed by atoms with van der Waals surface area (Å²) >= 11 is 0. The normalized spacial score (nSPS) is 12.6. The van der Waals surface area contributed by atoms with Crippen LogP contribution in [-0.2, 0) is 19.1 Å². The molecular weight excluding hydrogens is 250 g/mol. The van der Waals surface area contributed by atoms with Crippen LogP contribution in [0.2, 0.25) is 0 Å². The second kappa shape index (κ2) is 7.76. The summed E-state index contributed by atoms with van der Waals surface area (Å²) in [5.74, 6) is -1.73. The van der Waals surface area contributed by atoms with Crippen molar-refractivity contribution in [1.29, 1.82) is 0 Å². The molecule has 19 heavy (non-hydrogen) atoms. The SMILES string of the molecule is CCOC(=O)CCC(=O)NC(CC(=O)O)C(C)(C)C. The maximum Gasteiger partial charge on any atom is 0.306 e. The molecule has 0 fully saturated rings. The van der Waals surface area contributed by atoms with Crippen LogP contribution in [0.5, 0.6) is 0 Å². The Bertz CT molecular complexity index is 332. The molecule has 2 N–H and O–H groups in total. The van der Waals surface area contributed by atoms with Gasteiger partial charge in [-0.15, -0.1) is 0 Å². The van der Waals surface area contributed by atoms with Gasteiger partial charge >= 0.3 is 11.9 Å². The summed E-state index contributed by atoms with van der Waals surface area (Å²) in [6.45, 7) is 7.54. The first-order valence-corrected chi connectivity index (χ1v) is 6.33. The Kier molecular flexibility index (Phi) is 7.11. The predicted octanol–water partition coefficient (Wildman–Crippen LogP) is 1.34. The molecule has 6 heteroatoms. The molecule has 0 radical (unpaired) electrons. The van der Waals surface area contributed by atoms with Gasteiger partial charge in [-0.05, 0) is 12.3 Å². The summed E-state index contributed by atoms with van der Waals surface area (Å²) in [7, 11) is 0. The highest BCUT2D eigenvalue weighted by atomic mass is 16.5. The van der Waals surface area contributed by atoms with Gasteiger partial charge in [-0.2, -0.15) is 0 Å². The fourth-order valence-corrected chi connectivity index (χ4v) is 1.46. The zero-order chi connectivity index (χ0) is 15.1. The molecule has 0 bridgehead atoms. The molecule has 0 aliphatic rings. The predicted molar refractivity (Wildman–Crippen MR) is 69.5 cm³/mol. The third-order valence-electron chi connectivity index (χ3n) is 2.62. The number of carboxylic acids is 1. The minimum atomic E-state index is -0.967. The van der Waals surface area contributed by atoms with Gasteiger partial charge in [0.1, 0.15) is 0 Å². The topological polar surface area (TPSA) is 92.7 Å². The van der Waals surface area contributed by atoms with Gasteiger partial charge in [0.25, 0.3) is 0 Å². The molecule has 0 heterocycles. The molecule has 1 atom stereocenters. The lowest BCUT2D eigenvalue weighted by atomic mass is 9.84. The highest BCUT2D eigenvalue weighted by Crippen LogP contribution is 2.22. The number of hydrogen-bond donors (Lipinski definition) is 2. The van der Waals surface area contributed by atoms with Crippen molar-refractivity contribution >= 4 is 17.8 Å². The molecule has 0 aromatic carbocycles. The zero-order valence-electron chi connectivity index (χ0n) is 12.0. The van der Waals surface area contributed by atoms with E-state index in [0.29, 0.717) is 0 Å². The number of aliphatic carboxylic acids is 1. The van der Waals surface area contributed by atoms with E-state index in [4.69, 9.17) is 9.84 Å². The number of carboxylic acid groups (broad SMARTS) is 1. The van der Waals surface area contributed by atoms with Gasteiger partial charge in [0.2, 0.25) is 5.91 Å². The molecule has 0 rings (SSSR count). The molecule has 0 aromatic rings. The first-order chi connectivity index (χ1) is 8.66. The standard InChI is InChI=1S/C13H23NO5/c1-5-19-12(18)7-6-10(15)14-9(8-11(16)17)13(2,3)4/h9H,5-8H2,1-4H3,(H,14,15)(H,16,17). The van der Waals surface area contributed by atoms with Gasteiger partial charge in [-0.1, -0.05) is 20.8 Å². The van der Waals surface area contributed by atoms with Crippen molar-refractivity contribution in [2.45, 2.75) is 53.0 Å². The number of rotatable bonds is 7. The Hall–Kier alpha value is -1.59. The fraction of sp³-hybridized carbons (Fsp3) is 0.769. The molecule has 1 amide bonds. The Labute approximate surface area is 113 Å². The Balaban J connectivity index is 4.32. The molecule has 0 aliphatic carbocycles. The molecule has 0 saturated carbocycles.